The van der Waals surface area contributed by atoms with E-state index in [1.165, 1.54) is 0 Å². The van der Waals surface area contributed by atoms with Crippen LogP contribution < -0.4 is 0 Å². The average molecular weight is 357 g/mol. The van der Waals surface area contributed by atoms with Crippen molar-refractivity contribution >= 4 is 23.5 Å². The van der Waals surface area contributed by atoms with Crippen LogP contribution in [0.4, 0.5) is 5.69 Å². The van der Waals surface area contributed by atoms with E-state index in [0.29, 0.717) is 29.9 Å². The molecule has 1 aliphatic rings. The monoisotopic (exact) mass is 357 g/mol. The van der Waals surface area contributed by atoms with Gasteiger partial charge in [-0.3, -0.25) is 4.79 Å². The van der Waals surface area contributed by atoms with Crippen LogP contribution in [0, 0.1) is 6.92 Å². The minimum Gasteiger partial charge on any atom is -0.466 e. The third-order valence-electron chi connectivity index (χ3n) is 4.23. The largest absolute Gasteiger partial charge is 0.466 e. The fourth-order valence-electron chi connectivity index (χ4n) is 2.81. The van der Waals surface area contributed by atoms with Crippen molar-refractivity contribution in [2.24, 2.45) is 4.99 Å². The SMILES string of the molecule is CCCCCCC1=C(CC(=O)OCC)C(=Nc2ccc(C)cc2)OC1=O. The summed E-state index contributed by atoms with van der Waals surface area (Å²) in [5.41, 5.74) is 2.92. The smallest absolute Gasteiger partial charge is 0.341 e. The number of benzene rings is 1. The molecule has 0 N–H and O–H groups in total. The number of ether oxygens (including phenoxy) is 2. The Kier molecular flexibility index (Phi) is 7.57. The average Bonchev–Trinajstić information content (AvgIpc) is 2.89. The third-order valence-corrected chi connectivity index (χ3v) is 4.23. The highest BCUT2D eigenvalue weighted by Crippen LogP contribution is 2.28. The van der Waals surface area contributed by atoms with Crippen molar-refractivity contribution in [2.75, 3.05) is 6.61 Å². The number of esters is 2. The zero-order valence-electron chi connectivity index (χ0n) is 15.8. The van der Waals surface area contributed by atoms with Gasteiger partial charge >= 0.3 is 11.9 Å². The van der Waals surface area contributed by atoms with Gasteiger partial charge < -0.3 is 9.47 Å². The molecule has 0 aliphatic carbocycles. The maximum Gasteiger partial charge on any atom is 0.341 e. The number of carbonyl (C=O) groups excluding carboxylic acids is 2. The van der Waals surface area contributed by atoms with Crippen LogP contribution in [-0.2, 0) is 19.1 Å². The van der Waals surface area contributed by atoms with E-state index in [2.05, 4.69) is 11.9 Å². The van der Waals surface area contributed by atoms with Crippen LogP contribution in [0.1, 0.15) is 57.9 Å². The zero-order chi connectivity index (χ0) is 18.9. The Labute approximate surface area is 155 Å². The van der Waals surface area contributed by atoms with Gasteiger partial charge in [0.25, 0.3) is 0 Å². The Morgan fingerprint density at radius 2 is 1.81 bits per heavy atom. The lowest BCUT2D eigenvalue weighted by molar-refractivity contribution is -0.142. The first-order valence-electron chi connectivity index (χ1n) is 9.30. The van der Waals surface area contributed by atoms with Crippen LogP contribution in [0.3, 0.4) is 0 Å². The second kappa shape index (κ2) is 9.90. The Balaban J connectivity index is 2.27. The van der Waals surface area contributed by atoms with E-state index in [9.17, 15) is 9.59 Å². The van der Waals surface area contributed by atoms with Gasteiger partial charge in [0.2, 0.25) is 5.90 Å². The number of aryl methyl sites for hydroxylation is 1. The predicted molar refractivity (Wildman–Crippen MR) is 101 cm³/mol. The molecule has 0 bridgehead atoms. The summed E-state index contributed by atoms with van der Waals surface area (Å²) in [6.07, 6.45) is 4.79. The van der Waals surface area contributed by atoms with E-state index >= 15 is 0 Å². The first kappa shape index (κ1) is 19.9. The molecule has 0 spiro atoms. The summed E-state index contributed by atoms with van der Waals surface area (Å²) in [7, 11) is 0. The fraction of sp³-hybridized carbons (Fsp3) is 0.476. The van der Waals surface area contributed by atoms with E-state index in [1.807, 2.05) is 31.2 Å². The van der Waals surface area contributed by atoms with Gasteiger partial charge in [0.15, 0.2) is 0 Å². The van der Waals surface area contributed by atoms with Crippen LogP contribution in [0.5, 0.6) is 0 Å². The highest BCUT2D eigenvalue weighted by molar-refractivity contribution is 6.16. The molecule has 5 nitrogen and oxygen atoms in total. The Morgan fingerprint density at radius 1 is 1.08 bits per heavy atom. The topological polar surface area (TPSA) is 65.0 Å². The maximum atomic E-state index is 12.3. The second-order valence-corrected chi connectivity index (χ2v) is 6.39. The van der Waals surface area contributed by atoms with Crippen LogP contribution in [0.25, 0.3) is 0 Å². The van der Waals surface area contributed by atoms with Crippen LogP contribution in [-0.4, -0.2) is 24.4 Å². The summed E-state index contributed by atoms with van der Waals surface area (Å²) in [4.78, 5) is 28.8. The van der Waals surface area contributed by atoms with Gasteiger partial charge in [0.05, 0.1) is 18.7 Å². The number of cyclic esters (lactones) is 1. The number of hydrogen-bond donors (Lipinski definition) is 0. The number of aliphatic imine (C=N–C) groups is 1. The molecule has 0 radical (unpaired) electrons. The summed E-state index contributed by atoms with van der Waals surface area (Å²) < 4.78 is 10.4. The highest BCUT2D eigenvalue weighted by Gasteiger charge is 2.32. The maximum absolute atomic E-state index is 12.3. The van der Waals surface area contributed by atoms with Gasteiger partial charge in [-0.2, -0.15) is 0 Å². The lowest BCUT2D eigenvalue weighted by Gasteiger charge is -2.05. The number of nitrogens with zero attached hydrogens (tertiary/aromatic N) is 1. The molecule has 0 aromatic heterocycles. The summed E-state index contributed by atoms with van der Waals surface area (Å²) >= 11 is 0. The molecule has 0 fully saturated rings. The van der Waals surface area contributed by atoms with Crippen molar-refractivity contribution in [3.63, 3.8) is 0 Å². The quantitative estimate of drug-likeness (QED) is 0.470. The Morgan fingerprint density at radius 3 is 2.46 bits per heavy atom. The molecule has 140 valence electrons. The number of unbranched alkanes of at least 4 members (excludes halogenated alkanes) is 3. The van der Waals surface area contributed by atoms with Crippen molar-refractivity contribution in [2.45, 2.75) is 59.3 Å². The van der Waals surface area contributed by atoms with Gasteiger partial charge in [-0.05, 0) is 38.8 Å². The number of rotatable bonds is 9. The van der Waals surface area contributed by atoms with Gasteiger partial charge in [-0.25, -0.2) is 9.79 Å². The molecular formula is C21H27NO4. The summed E-state index contributed by atoms with van der Waals surface area (Å²) in [6, 6.07) is 7.60. The minimum absolute atomic E-state index is 0.00733. The lowest BCUT2D eigenvalue weighted by atomic mass is 10.0. The lowest BCUT2D eigenvalue weighted by Crippen LogP contribution is -2.10. The van der Waals surface area contributed by atoms with E-state index in [4.69, 9.17) is 9.47 Å². The van der Waals surface area contributed by atoms with E-state index in [1.54, 1.807) is 6.92 Å². The van der Waals surface area contributed by atoms with Crippen molar-refractivity contribution in [3.05, 3.63) is 41.0 Å². The van der Waals surface area contributed by atoms with E-state index in [0.717, 1.165) is 31.2 Å². The van der Waals surface area contributed by atoms with Gasteiger partial charge in [0, 0.05) is 11.1 Å². The van der Waals surface area contributed by atoms with Crippen molar-refractivity contribution < 1.29 is 19.1 Å². The molecule has 5 heteroatoms. The molecule has 0 unspecified atom stereocenters. The zero-order valence-corrected chi connectivity index (χ0v) is 15.8. The minimum atomic E-state index is -0.397. The molecule has 2 rings (SSSR count). The normalized spacial score (nSPS) is 15.5. The molecule has 0 saturated heterocycles. The molecule has 0 saturated carbocycles. The first-order chi connectivity index (χ1) is 12.5. The molecular weight excluding hydrogens is 330 g/mol. The third kappa shape index (κ3) is 5.55. The Bertz CT molecular complexity index is 701. The second-order valence-electron chi connectivity index (χ2n) is 6.39. The molecule has 0 atom stereocenters. The van der Waals surface area contributed by atoms with Crippen LogP contribution in [0.2, 0.25) is 0 Å². The molecule has 1 heterocycles. The number of hydrogen-bond acceptors (Lipinski definition) is 5. The molecule has 1 aromatic rings. The first-order valence-corrected chi connectivity index (χ1v) is 9.30. The van der Waals surface area contributed by atoms with Gasteiger partial charge in [-0.15, -0.1) is 0 Å². The Hall–Kier alpha value is -2.43. The van der Waals surface area contributed by atoms with E-state index in [-0.39, 0.29) is 18.3 Å². The predicted octanol–water partition coefficient (Wildman–Crippen LogP) is 4.80. The van der Waals surface area contributed by atoms with Crippen molar-refractivity contribution in [1.29, 1.82) is 0 Å². The molecule has 1 aliphatic heterocycles. The standard InChI is InChI=1S/C21H27NO4/c1-4-6-7-8-9-17-18(14-19(23)25-5-2)20(26-21(17)24)22-16-12-10-15(3)11-13-16/h10-13H,4-9,14H2,1-3H3. The summed E-state index contributed by atoms with van der Waals surface area (Å²) in [5.74, 6) is -0.549. The van der Waals surface area contributed by atoms with Crippen LogP contribution in [0.15, 0.2) is 40.4 Å². The number of carbonyl (C=O) groups is 2. The molecule has 1 aromatic carbocycles. The highest BCUT2D eigenvalue weighted by atomic mass is 16.6. The van der Waals surface area contributed by atoms with E-state index < -0.39 is 5.97 Å². The summed E-state index contributed by atoms with van der Waals surface area (Å²) in [6.45, 7) is 6.20. The molecule has 0 amide bonds. The van der Waals surface area contributed by atoms with Gasteiger partial charge in [0.1, 0.15) is 0 Å². The molecule has 26 heavy (non-hydrogen) atoms. The van der Waals surface area contributed by atoms with Crippen molar-refractivity contribution in [3.8, 4) is 0 Å². The van der Waals surface area contributed by atoms with Crippen LogP contribution >= 0.6 is 0 Å². The fourth-order valence-corrected chi connectivity index (χ4v) is 2.81. The van der Waals surface area contributed by atoms with Crippen molar-refractivity contribution in [1.82, 2.24) is 0 Å². The summed E-state index contributed by atoms with van der Waals surface area (Å²) in [5, 5.41) is 0. The van der Waals surface area contributed by atoms with Gasteiger partial charge in [-0.1, -0.05) is 43.9 Å².